The average molecular weight is 312 g/mol. The Labute approximate surface area is 132 Å². The van der Waals surface area contributed by atoms with Gasteiger partial charge in [0, 0.05) is 11.7 Å². The number of nitrogens with two attached hydrogens (primary N) is 1. The van der Waals surface area contributed by atoms with E-state index in [-0.39, 0.29) is 17.9 Å². The standard InChI is InChI=1S/C15H16N6O2/c1-9(2)21-8-17-11-12(21)19-14(16)20-13(11)23-15(22)18-10-6-4-3-5-7-10/h3-9H,1-2H3,(H,18,22)(H2,16,19,20). The number of carbonyl (C=O) groups excluding carboxylic acids is 1. The third-order valence-corrected chi connectivity index (χ3v) is 3.17. The normalized spacial score (nSPS) is 10.9. The van der Waals surface area contributed by atoms with E-state index < -0.39 is 6.09 Å². The quantitative estimate of drug-likeness (QED) is 0.769. The highest BCUT2D eigenvalue weighted by atomic mass is 16.6. The molecule has 3 aromatic rings. The minimum Gasteiger partial charge on any atom is -0.388 e. The second kappa shape index (κ2) is 5.91. The second-order valence-electron chi connectivity index (χ2n) is 5.19. The zero-order chi connectivity index (χ0) is 16.4. The Morgan fingerprint density at radius 2 is 2.00 bits per heavy atom. The van der Waals surface area contributed by atoms with Gasteiger partial charge in [-0.1, -0.05) is 18.2 Å². The molecule has 0 aliphatic carbocycles. The number of carbonyl (C=O) groups is 1. The number of benzene rings is 1. The lowest BCUT2D eigenvalue weighted by atomic mass is 10.3. The predicted octanol–water partition coefficient (Wildman–Crippen LogP) is 2.60. The van der Waals surface area contributed by atoms with Gasteiger partial charge in [0.05, 0.1) is 6.33 Å². The number of nitrogens with zero attached hydrogens (tertiary/aromatic N) is 4. The molecule has 1 aromatic carbocycles. The number of hydrogen-bond donors (Lipinski definition) is 2. The molecule has 23 heavy (non-hydrogen) atoms. The summed E-state index contributed by atoms with van der Waals surface area (Å²) in [5.41, 5.74) is 7.23. The summed E-state index contributed by atoms with van der Waals surface area (Å²) in [6, 6.07) is 9.10. The molecule has 118 valence electrons. The van der Waals surface area contributed by atoms with Crippen LogP contribution in [0.1, 0.15) is 19.9 Å². The van der Waals surface area contributed by atoms with Crippen LogP contribution in [-0.2, 0) is 0 Å². The maximum atomic E-state index is 12.0. The van der Waals surface area contributed by atoms with Crippen LogP contribution in [0.25, 0.3) is 11.2 Å². The summed E-state index contributed by atoms with van der Waals surface area (Å²) in [4.78, 5) is 24.4. The molecule has 0 unspecified atom stereocenters. The summed E-state index contributed by atoms with van der Waals surface area (Å²) in [6.45, 7) is 3.98. The topological polar surface area (TPSA) is 108 Å². The van der Waals surface area contributed by atoms with E-state index in [9.17, 15) is 4.79 Å². The molecule has 1 amide bonds. The van der Waals surface area contributed by atoms with Crippen LogP contribution >= 0.6 is 0 Å². The first-order valence-electron chi connectivity index (χ1n) is 7.08. The summed E-state index contributed by atoms with van der Waals surface area (Å²) < 4.78 is 7.08. The fourth-order valence-corrected chi connectivity index (χ4v) is 2.11. The molecule has 0 fully saturated rings. The van der Waals surface area contributed by atoms with Gasteiger partial charge in [0.2, 0.25) is 5.95 Å². The van der Waals surface area contributed by atoms with Gasteiger partial charge in [0.15, 0.2) is 11.2 Å². The van der Waals surface area contributed by atoms with Crippen LogP contribution in [0.5, 0.6) is 5.88 Å². The maximum Gasteiger partial charge on any atom is 0.418 e. The molecular weight excluding hydrogens is 296 g/mol. The first-order valence-corrected chi connectivity index (χ1v) is 7.08. The molecule has 3 N–H and O–H groups in total. The molecule has 2 aromatic heterocycles. The molecule has 0 saturated heterocycles. The van der Waals surface area contributed by atoms with E-state index in [1.807, 2.05) is 24.5 Å². The molecule has 0 aliphatic rings. The number of imidazole rings is 1. The van der Waals surface area contributed by atoms with Gasteiger partial charge in [-0.05, 0) is 26.0 Å². The number of amides is 1. The Kier molecular flexibility index (Phi) is 3.80. The van der Waals surface area contributed by atoms with Crippen LogP contribution in [-0.4, -0.2) is 25.6 Å². The van der Waals surface area contributed by atoms with E-state index in [1.165, 1.54) is 0 Å². The fourth-order valence-electron chi connectivity index (χ4n) is 2.11. The molecule has 8 nitrogen and oxygen atoms in total. The van der Waals surface area contributed by atoms with Crippen LogP contribution in [0.3, 0.4) is 0 Å². The maximum absolute atomic E-state index is 12.0. The highest BCUT2D eigenvalue weighted by molar-refractivity contribution is 5.88. The third-order valence-electron chi connectivity index (χ3n) is 3.17. The smallest absolute Gasteiger partial charge is 0.388 e. The van der Waals surface area contributed by atoms with Crippen molar-refractivity contribution >= 4 is 28.9 Å². The molecule has 8 heteroatoms. The van der Waals surface area contributed by atoms with Crippen LogP contribution in [0, 0.1) is 0 Å². The average Bonchev–Trinajstić information content (AvgIpc) is 2.92. The number of para-hydroxylation sites is 1. The van der Waals surface area contributed by atoms with Gasteiger partial charge in [0.1, 0.15) is 0 Å². The van der Waals surface area contributed by atoms with E-state index in [0.717, 1.165) is 0 Å². The lowest BCUT2D eigenvalue weighted by molar-refractivity contribution is 0.214. The Morgan fingerprint density at radius 1 is 1.26 bits per heavy atom. The van der Waals surface area contributed by atoms with Gasteiger partial charge in [-0.2, -0.15) is 9.97 Å². The molecule has 0 bridgehead atoms. The van der Waals surface area contributed by atoms with Crippen molar-refractivity contribution in [3.63, 3.8) is 0 Å². The highest BCUT2D eigenvalue weighted by Crippen LogP contribution is 2.24. The zero-order valence-corrected chi connectivity index (χ0v) is 12.7. The van der Waals surface area contributed by atoms with E-state index in [4.69, 9.17) is 10.5 Å². The lowest BCUT2D eigenvalue weighted by Gasteiger charge is -2.09. The number of rotatable bonds is 3. The minimum atomic E-state index is -0.672. The first kappa shape index (κ1) is 14.8. The first-order chi connectivity index (χ1) is 11.0. The fraction of sp³-hybridized carbons (Fsp3) is 0.200. The number of anilines is 2. The summed E-state index contributed by atoms with van der Waals surface area (Å²) >= 11 is 0. The molecule has 2 heterocycles. The molecule has 0 spiro atoms. The summed E-state index contributed by atoms with van der Waals surface area (Å²) in [6.07, 6.45) is 0.945. The van der Waals surface area contributed by atoms with Gasteiger partial charge in [-0.15, -0.1) is 0 Å². The van der Waals surface area contributed by atoms with E-state index >= 15 is 0 Å². The molecular formula is C15H16N6O2. The van der Waals surface area contributed by atoms with Gasteiger partial charge in [-0.3, -0.25) is 5.32 Å². The molecule has 0 saturated carbocycles. The summed E-state index contributed by atoms with van der Waals surface area (Å²) in [5, 5.41) is 2.61. The zero-order valence-electron chi connectivity index (χ0n) is 12.7. The number of fused-ring (bicyclic) bond motifs is 1. The lowest BCUT2D eigenvalue weighted by Crippen LogP contribution is -2.18. The van der Waals surface area contributed by atoms with Gasteiger partial charge in [0.25, 0.3) is 5.88 Å². The van der Waals surface area contributed by atoms with Crippen molar-refractivity contribution in [2.45, 2.75) is 19.9 Å². The number of hydrogen-bond acceptors (Lipinski definition) is 6. The van der Waals surface area contributed by atoms with Crippen molar-refractivity contribution in [2.75, 3.05) is 11.1 Å². The van der Waals surface area contributed by atoms with Crippen molar-refractivity contribution in [1.82, 2.24) is 19.5 Å². The van der Waals surface area contributed by atoms with Gasteiger partial charge < -0.3 is 15.0 Å². The van der Waals surface area contributed by atoms with Gasteiger partial charge >= 0.3 is 6.09 Å². The van der Waals surface area contributed by atoms with Crippen molar-refractivity contribution in [3.05, 3.63) is 36.7 Å². The Morgan fingerprint density at radius 3 is 2.70 bits per heavy atom. The Balaban J connectivity index is 1.89. The van der Waals surface area contributed by atoms with Crippen LogP contribution < -0.4 is 15.8 Å². The van der Waals surface area contributed by atoms with E-state index in [0.29, 0.717) is 16.9 Å². The molecule has 0 atom stereocenters. The predicted molar refractivity (Wildman–Crippen MR) is 86.2 cm³/mol. The number of nitrogens with one attached hydrogen (secondary N) is 1. The third kappa shape index (κ3) is 3.05. The number of ether oxygens (including phenoxy) is 1. The second-order valence-corrected chi connectivity index (χ2v) is 5.19. The Bertz CT molecular complexity index is 844. The Hall–Kier alpha value is -3.16. The van der Waals surface area contributed by atoms with Crippen molar-refractivity contribution in [1.29, 1.82) is 0 Å². The van der Waals surface area contributed by atoms with Crippen LogP contribution in [0.15, 0.2) is 36.7 Å². The van der Waals surface area contributed by atoms with E-state index in [1.54, 1.807) is 30.6 Å². The largest absolute Gasteiger partial charge is 0.418 e. The van der Waals surface area contributed by atoms with Crippen LogP contribution in [0.2, 0.25) is 0 Å². The molecule has 0 radical (unpaired) electrons. The highest BCUT2D eigenvalue weighted by Gasteiger charge is 2.17. The summed E-state index contributed by atoms with van der Waals surface area (Å²) in [5.74, 6) is 0.0442. The molecule has 3 rings (SSSR count). The van der Waals surface area contributed by atoms with E-state index in [2.05, 4.69) is 20.3 Å². The monoisotopic (exact) mass is 312 g/mol. The summed E-state index contributed by atoms with van der Waals surface area (Å²) in [7, 11) is 0. The number of nitrogen functional groups attached to an aromatic ring is 1. The van der Waals surface area contributed by atoms with Crippen molar-refractivity contribution in [3.8, 4) is 5.88 Å². The van der Waals surface area contributed by atoms with Crippen molar-refractivity contribution in [2.24, 2.45) is 0 Å². The van der Waals surface area contributed by atoms with Crippen LogP contribution in [0.4, 0.5) is 16.4 Å². The SMILES string of the molecule is CC(C)n1cnc2c(OC(=O)Nc3ccccc3)nc(N)nc21. The number of aromatic nitrogens is 4. The molecule has 0 aliphatic heterocycles. The van der Waals surface area contributed by atoms with Gasteiger partial charge in [-0.25, -0.2) is 9.78 Å². The van der Waals surface area contributed by atoms with Crippen molar-refractivity contribution < 1.29 is 9.53 Å². The minimum absolute atomic E-state index is 0.0161.